The zero-order valence-corrected chi connectivity index (χ0v) is 11.5. The molecule has 20 heavy (non-hydrogen) atoms. The molecule has 0 spiro atoms. The summed E-state index contributed by atoms with van der Waals surface area (Å²) in [7, 11) is 0. The summed E-state index contributed by atoms with van der Waals surface area (Å²) in [5.74, 6) is 0. The van der Waals surface area contributed by atoms with Gasteiger partial charge in [0.15, 0.2) is 0 Å². The molecule has 0 unspecified atom stereocenters. The fourth-order valence-electron chi connectivity index (χ4n) is 2.37. The van der Waals surface area contributed by atoms with Crippen molar-refractivity contribution in [3.8, 4) is 0 Å². The third kappa shape index (κ3) is 2.34. The highest BCUT2D eigenvalue weighted by molar-refractivity contribution is 6.35. The lowest BCUT2D eigenvalue weighted by Gasteiger charge is -2.23. The first-order chi connectivity index (χ1) is 9.65. The van der Waals surface area contributed by atoms with Gasteiger partial charge in [-0.2, -0.15) is 0 Å². The van der Waals surface area contributed by atoms with Crippen LogP contribution in [0.1, 0.15) is 12.1 Å². The van der Waals surface area contributed by atoms with Gasteiger partial charge in [0.1, 0.15) is 0 Å². The highest BCUT2D eigenvalue weighted by Gasteiger charge is 2.18. The summed E-state index contributed by atoms with van der Waals surface area (Å²) < 4.78 is 0. The minimum Gasteiger partial charge on any atom is -0.465 e. The highest BCUT2D eigenvalue weighted by atomic mass is 35.5. The number of pyridine rings is 1. The van der Waals surface area contributed by atoms with E-state index in [4.69, 9.17) is 16.7 Å². The number of carboxylic acid groups (broad SMARTS) is 1. The second-order valence-electron chi connectivity index (χ2n) is 4.71. The number of carbonyl (C=O) groups is 1. The zero-order chi connectivity index (χ0) is 14.1. The van der Waals surface area contributed by atoms with Crippen LogP contribution in [0.3, 0.4) is 0 Å². The van der Waals surface area contributed by atoms with Crippen LogP contribution in [0.2, 0.25) is 5.02 Å². The van der Waals surface area contributed by atoms with E-state index < -0.39 is 6.09 Å². The van der Waals surface area contributed by atoms with Crippen molar-refractivity contribution < 1.29 is 9.90 Å². The molecule has 0 radical (unpaired) electrons. The maximum Gasteiger partial charge on any atom is 0.407 e. The van der Waals surface area contributed by atoms with Gasteiger partial charge in [0.2, 0.25) is 0 Å². The van der Waals surface area contributed by atoms with E-state index in [2.05, 4.69) is 4.98 Å². The molecule has 0 aliphatic carbocycles. The molecule has 3 rings (SSSR count). The number of aromatic nitrogens is 1. The van der Waals surface area contributed by atoms with Crippen LogP contribution in [-0.4, -0.2) is 34.2 Å². The maximum absolute atomic E-state index is 10.9. The van der Waals surface area contributed by atoms with Crippen LogP contribution in [0, 0.1) is 0 Å². The molecule has 2 heterocycles. The quantitative estimate of drug-likeness (QED) is 0.871. The molecule has 1 aromatic heterocycles. The highest BCUT2D eigenvalue weighted by Crippen LogP contribution is 2.28. The molecule has 1 amide bonds. The SMILES string of the molecule is O=C(O)N1CC=C(c2cc(Cl)c3ccccc3n2)CC1. The monoisotopic (exact) mass is 288 g/mol. The summed E-state index contributed by atoms with van der Waals surface area (Å²) in [6.45, 7) is 0.893. The van der Waals surface area contributed by atoms with Crippen LogP contribution >= 0.6 is 11.6 Å². The van der Waals surface area contributed by atoms with E-state index in [1.165, 1.54) is 4.90 Å². The molecule has 1 aliphatic heterocycles. The van der Waals surface area contributed by atoms with E-state index in [0.29, 0.717) is 24.5 Å². The van der Waals surface area contributed by atoms with E-state index in [0.717, 1.165) is 22.2 Å². The number of halogens is 1. The number of hydrogen-bond acceptors (Lipinski definition) is 2. The predicted molar refractivity (Wildman–Crippen MR) is 78.9 cm³/mol. The number of fused-ring (bicyclic) bond motifs is 1. The first-order valence-electron chi connectivity index (χ1n) is 6.38. The van der Waals surface area contributed by atoms with Crippen molar-refractivity contribution in [2.45, 2.75) is 6.42 Å². The number of amides is 1. The van der Waals surface area contributed by atoms with Crippen molar-refractivity contribution in [3.05, 3.63) is 47.1 Å². The van der Waals surface area contributed by atoms with Crippen molar-refractivity contribution in [3.63, 3.8) is 0 Å². The van der Waals surface area contributed by atoms with Gasteiger partial charge in [-0.15, -0.1) is 0 Å². The van der Waals surface area contributed by atoms with Gasteiger partial charge in [-0.25, -0.2) is 9.78 Å². The molecule has 2 aromatic rings. The Kier molecular flexibility index (Phi) is 3.32. The number of nitrogens with zero attached hydrogens (tertiary/aromatic N) is 2. The van der Waals surface area contributed by atoms with E-state index in [-0.39, 0.29) is 0 Å². The average molecular weight is 289 g/mol. The van der Waals surface area contributed by atoms with Crippen LogP contribution < -0.4 is 0 Å². The van der Waals surface area contributed by atoms with Gasteiger partial charge in [0.25, 0.3) is 0 Å². The average Bonchev–Trinajstić information content (AvgIpc) is 2.47. The van der Waals surface area contributed by atoms with Gasteiger partial charge in [-0.1, -0.05) is 35.9 Å². The normalized spacial score (nSPS) is 15.2. The minimum absolute atomic E-state index is 0.400. The summed E-state index contributed by atoms with van der Waals surface area (Å²) in [6, 6.07) is 9.58. The van der Waals surface area contributed by atoms with Crippen LogP contribution in [0.25, 0.3) is 16.5 Å². The van der Waals surface area contributed by atoms with Gasteiger partial charge >= 0.3 is 6.09 Å². The van der Waals surface area contributed by atoms with Gasteiger partial charge in [0, 0.05) is 18.5 Å². The Morgan fingerprint density at radius 1 is 1.35 bits per heavy atom. The Hall–Kier alpha value is -2.07. The third-order valence-corrected chi connectivity index (χ3v) is 3.79. The fourth-order valence-corrected chi connectivity index (χ4v) is 2.64. The molecular formula is C15H13ClN2O2. The molecule has 1 aromatic carbocycles. The van der Waals surface area contributed by atoms with E-state index in [9.17, 15) is 4.79 Å². The van der Waals surface area contributed by atoms with Crippen LogP contribution in [0.5, 0.6) is 0 Å². The summed E-state index contributed by atoms with van der Waals surface area (Å²) in [6.07, 6.45) is 1.68. The predicted octanol–water partition coefficient (Wildman–Crippen LogP) is 3.66. The summed E-state index contributed by atoms with van der Waals surface area (Å²) >= 11 is 6.29. The molecule has 102 valence electrons. The Bertz CT molecular complexity index is 712. The second kappa shape index (κ2) is 5.13. The van der Waals surface area contributed by atoms with Gasteiger partial charge in [0.05, 0.1) is 16.2 Å². The van der Waals surface area contributed by atoms with Crippen LogP contribution in [0.4, 0.5) is 4.79 Å². The van der Waals surface area contributed by atoms with Crippen molar-refractivity contribution >= 4 is 34.2 Å². The summed E-state index contributed by atoms with van der Waals surface area (Å²) in [5.41, 5.74) is 2.74. The third-order valence-electron chi connectivity index (χ3n) is 3.47. The lowest BCUT2D eigenvalue weighted by atomic mass is 10.0. The summed E-state index contributed by atoms with van der Waals surface area (Å²) in [4.78, 5) is 16.9. The van der Waals surface area contributed by atoms with Crippen molar-refractivity contribution in [2.24, 2.45) is 0 Å². The zero-order valence-electron chi connectivity index (χ0n) is 10.7. The lowest BCUT2D eigenvalue weighted by molar-refractivity contribution is 0.150. The molecule has 0 saturated heterocycles. The molecular weight excluding hydrogens is 276 g/mol. The fraction of sp³-hybridized carbons (Fsp3) is 0.200. The first-order valence-corrected chi connectivity index (χ1v) is 6.75. The van der Waals surface area contributed by atoms with E-state index in [1.807, 2.05) is 36.4 Å². The van der Waals surface area contributed by atoms with Crippen LogP contribution in [-0.2, 0) is 0 Å². The van der Waals surface area contributed by atoms with Crippen molar-refractivity contribution in [2.75, 3.05) is 13.1 Å². The van der Waals surface area contributed by atoms with Crippen molar-refractivity contribution in [1.29, 1.82) is 0 Å². The summed E-state index contributed by atoms with van der Waals surface area (Å²) in [5, 5.41) is 10.5. The minimum atomic E-state index is -0.884. The molecule has 0 fully saturated rings. The largest absolute Gasteiger partial charge is 0.465 e. The Morgan fingerprint density at radius 3 is 2.85 bits per heavy atom. The second-order valence-corrected chi connectivity index (χ2v) is 5.12. The smallest absolute Gasteiger partial charge is 0.407 e. The molecule has 1 aliphatic rings. The molecule has 5 heteroatoms. The molecule has 0 bridgehead atoms. The Balaban J connectivity index is 1.97. The van der Waals surface area contributed by atoms with Crippen molar-refractivity contribution in [1.82, 2.24) is 9.88 Å². The molecule has 0 saturated carbocycles. The number of hydrogen-bond donors (Lipinski definition) is 1. The standard InChI is InChI=1S/C15H13ClN2O2/c16-12-9-14(17-13-4-2-1-3-11(12)13)10-5-7-18(8-6-10)15(19)20/h1-5,9H,6-8H2,(H,19,20). The maximum atomic E-state index is 10.9. The number of rotatable bonds is 1. The van der Waals surface area contributed by atoms with Gasteiger partial charge in [-0.3, -0.25) is 0 Å². The molecule has 1 N–H and O–H groups in total. The molecule has 4 nitrogen and oxygen atoms in total. The van der Waals surface area contributed by atoms with Crippen LogP contribution in [0.15, 0.2) is 36.4 Å². The van der Waals surface area contributed by atoms with Gasteiger partial charge in [-0.05, 0) is 24.1 Å². The number of para-hydroxylation sites is 1. The Morgan fingerprint density at radius 2 is 2.15 bits per heavy atom. The topological polar surface area (TPSA) is 53.4 Å². The van der Waals surface area contributed by atoms with E-state index in [1.54, 1.807) is 0 Å². The molecule has 0 atom stereocenters. The first kappa shape index (κ1) is 12.9. The number of benzene rings is 1. The lowest BCUT2D eigenvalue weighted by Crippen LogP contribution is -2.33. The Labute approximate surface area is 121 Å². The van der Waals surface area contributed by atoms with Gasteiger partial charge < -0.3 is 10.0 Å². The van der Waals surface area contributed by atoms with E-state index >= 15 is 0 Å².